The molecule has 0 aliphatic heterocycles. The molecule has 0 spiro atoms. The number of nitrogens with zero attached hydrogens (tertiary/aromatic N) is 2. The lowest BCUT2D eigenvalue weighted by molar-refractivity contribution is -0.384. The van der Waals surface area contributed by atoms with Gasteiger partial charge in [-0.25, -0.2) is 4.39 Å². The van der Waals surface area contributed by atoms with Crippen LogP contribution in [0.15, 0.2) is 72.8 Å². The first-order valence-electron chi connectivity index (χ1n) is 11.1. The van der Waals surface area contributed by atoms with E-state index in [4.69, 9.17) is 9.84 Å². The monoisotopic (exact) mass is 562 g/mol. The number of non-ortho nitro benzene ring substituents is 1. The Kier molecular flexibility index (Phi) is 9.22. The Hall–Kier alpha value is -4.07. The van der Waals surface area contributed by atoms with Crippen LogP contribution in [0.2, 0.25) is 0 Å². The number of hydrogen-bond donors (Lipinski definition) is 1. The van der Waals surface area contributed by atoms with Crippen LogP contribution in [0.3, 0.4) is 0 Å². The number of nitro benzene ring substituents is 1. The van der Waals surface area contributed by atoms with Crippen LogP contribution in [0, 0.1) is 10.1 Å². The number of nitro groups is 1. The van der Waals surface area contributed by atoms with Gasteiger partial charge in [0.05, 0.1) is 11.3 Å². The number of aliphatic hydroxyl groups is 1. The van der Waals surface area contributed by atoms with E-state index in [0.29, 0.717) is 5.56 Å². The van der Waals surface area contributed by atoms with Crippen LogP contribution in [-0.2, 0) is 13.2 Å². The van der Waals surface area contributed by atoms with E-state index >= 15 is 4.39 Å². The van der Waals surface area contributed by atoms with E-state index in [9.17, 15) is 36.5 Å². The van der Waals surface area contributed by atoms with Crippen molar-refractivity contribution >= 4 is 11.4 Å². The molecule has 3 aromatic rings. The maximum Gasteiger partial charge on any atom is 0.461 e. The summed E-state index contributed by atoms with van der Waals surface area (Å²) in [7, 11) is 0. The van der Waals surface area contributed by atoms with Crippen LogP contribution < -0.4 is 14.4 Å². The lowest BCUT2D eigenvalue weighted by Crippen LogP contribution is -2.36. The zero-order valence-corrected chi connectivity index (χ0v) is 19.8. The zero-order valence-electron chi connectivity index (χ0n) is 19.8. The minimum absolute atomic E-state index is 0.0208. The maximum absolute atomic E-state index is 15.0. The fraction of sp³-hybridized carbons (Fsp3) is 0.280. The summed E-state index contributed by atoms with van der Waals surface area (Å²) < 4.78 is 103. The largest absolute Gasteiger partial charge is 0.489 e. The van der Waals surface area contributed by atoms with Crippen molar-refractivity contribution in [1.29, 1.82) is 0 Å². The summed E-state index contributed by atoms with van der Waals surface area (Å²) >= 11 is 0. The van der Waals surface area contributed by atoms with Gasteiger partial charge in [-0.15, -0.1) is 0 Å². The predicted molar refractivity (Wildman–Crippen MR) is 125 cm³/mol. The summed E-state index contributed by atoms with van der Waals surface area (Å²) in [5, 5.41) is 19.8. The predicted octanol–water partition coefficient (Wildman–Crippen LogP) is 6.69. The highest BCUT2D eigenvalue weighted by Crippen LogP contribution is 2.32. The summed E-state index contributed by atoms with van der Waals surface area (Å²) in [6.07, 6.45) is -17.5. The van der Waals surface area contributed by atoms with Crippen molar-refractivity contribution in [2.75, 3.05) is 4.90 Å². The summed E-state index contributed by atoms with van der Waals surface area (Å²) in [5.74, 6) is -0.546. The van der Waals surface area contributed by atoms with Crippen molar-refractivity contribution in [1.82, 2.24) is 0 Å². The lowest BCUT2D eigenvalue weighted by Gasteiger charge is -2.30. The van der Waals surface area contributed by atoms with Gasteiger partial charge in [0, 0.05) is 30.4 Å². The topological polar surface area (TPSA) is 85.1 Å². The van der Waals surface area contributed by atoms with E-state index < -0.39 is 48.6 Å². The Bertz CT molecular complexity index is 1270. The normalized spacial score (nSPS) is 12.7. The number of alkyl halides is 7. The van der Waals surface area contributed by atoms with Gasteiger partial charge in [0.25, 0.3) is 5.69 Å². The highest BCUT2D eigenvalue weighted by molar-refractivity contribution is 5.52. The molecule has 0 saturated carbocycles. The van der Waals surface area contributed by atoms with E-state index in [2.05, 4.69) is 4.74 Å². The Morgan fingerprint density at radius 3 is 2.21 bits per heavy atom. The van der Waals surface area contributed by atoms with Crippen molar-refractivity contribution in [3.05, 3.63) is 94.0 Å². The molecule has 1 unspecified atom stereocenters. The van der Waals surface area contributed by atoms with Crippen molar-refractivity contribution in [3.8, 4) is 11.5 Å². The molecule has 0 bridgehead atoms. The molecule has 0 saturated heterocycles. The standard InChI is InChI=1S/C25H21F7N2O5/c26-22(13-24(29,30)35)33(14-16-4-2-9-21(11-16)39-25(31,32)23(27)28)18-6-3-8-20(12-18)38-15-17-5-1-7-19(10-17)34(36)37/h1-12,22-23,35H,13-15H2. The second kappa shape index (κ2) is 12.2. The zero-order chi connectivity index (χ0) is 28.8. The van der Waals surface area contributed by atoms with Gasteiger partial charge in [0.2, 0.25) is 0 Å². The molecule has 0 amide bonds. The molecule has 210 valence electrons. The number of hydrogen-bond acceptors (Lipinski definition) is 6. The molecule has 7 nitrogen and oxygen atoms in total. The SMILES string of the molecule is O=[N+]([O-])c1cccc(COc2cccc(N(Cc3cccc(OC(F)(F)C(F)F)c3)C(F)CC(O)(F)F)c2)c1. The Labute approximate surface area is 217 Å². The molecule has 0 aliphatic carbocycles. The van der Waals surface area contributed by atoms with Crippen molar-refractivity contribution in [3.63, 3.8) is 0 Å². The minimum atomic E-state index is -4.80. The Balaban J connectivity index is 1.85. The van der Waals surface area contributed by atoms with E-state index in [1.807, 2.05) is 0 Å². The van der Waals surface area contributed by atoms with Gasteiger partial charge >= 0.3 is 18.6 Å². The summed E-state index contributed by atoms with van der Waals surface area (Å²) in [4.78, 5) is 11.1. The third-order valence-electron chi connectivity index (χ3n) is 5.19. The number of anilines is 1. The molecule has 0 aromatic heterocycles. The first kappa shape index (κ1) is 29.5. The highest BCUT2D eigenvalue weighted by atomic mass is 19.3. The van der Waals surface area contributed by atoms with Gasteiger partial charge in [-0.2, -0.15) is 26.3 Å². The number of benzene rings is 3. The summed E-state index contributed by atoms with van der Waals surface area (Å²) in [6, 6.07) is 15.4. The molecule has 0 heterocycles. The molecular formula is C25H21F7N2O5. The highest BCUT2D eigenvalue weighted by Gasteiger charge is 2.44. The van der Waals surface area contributed by atoms with Gasteiger partial charge in [-0.1, -0.05) is 30.3 Å². The molecule has 0 fully saturated rings. The molecule has 1 N–H and O–H groups in total. The van der Waals surface area contributed by atoms with Gasteiger partial charge in [0.15, 0.2) is 6.30 Å². The second-order valence-electron chi connectivity index (χ2n) is 8.26. The fourth-order valence-corrected chi connectivity index (χ4v) is 3.45. The minimum Gasteiger partial charge on any atom is -0.489 e. The van der Waals surface area contributed by atoms with Gasteiger partial charge in [0.1, 0.15) is 18.1 Å². The van der Waals surface area contributed by atoms with Crippen molar-refractivity contribution in [2.45, 2.75) is 44.5 Å². The smallest absolute Gasteiger partial charge is 0.461 e. The molecule has 39 heavy (non-hydrogen) atoms. The van der Waals surface area contributed by atoms with Crippen LogP contribution in [0.5, 0.6) is 11.5 Å². The van der Waals surface area contributed by atoms with E-state index in [0.717, 1.165) is 23.1 Å². The summed E-state index contributed by atoms with van der Waals surface area (Å²) in [5.41, 5.74) is 0.280. The van der Waals surface area contributed by atoms with Crippen LogP contribution in [0.4, 0.5) is 42.1 Å². The average Bonchev–Trinajstić information content (AvgIpc) is 2.85. The van der Waals surface area contributed by atoms with Gasteiger partial charge < -0.3 is 19.5 Å². The van der Waals surface area contributed by atoms with Crippen LogP contribution >= 0.6 is 0 Å². The van der Waals surface area contributed by atoms with Crippen LogP contribution in [-0.4, -0.2) is 35.0 Å². The first-order valence-corrected chi connectivity index (χ1v) is 11.1. The molecule has 14 heteroatoms. The number of rotatable bonds is 13. The third-order valence-corrected chi connectivity index (χ3v) is 5.19. The fourth-order valence-electron chi connectivity index (χ4n) is 3.45. The van der Waals surface area contributed by atoms with E-state index in [-0.39, 0.29) is 29.3 Å². The molecule has 1 atom stereocenters. The molecule has 3 aromatic carbocycles. The maximum atomic E-state index is 15.0. The van der Waals surface area contributed by atoms with Crippen LogP contribution in [0.1, 0.15) is 17.5 Å². The third kappa shape index (κ3) is 8.74. The van der Waals surface area contributed by atoms with Gasteiger partial charge in [-0.3, -0.25) is 10.1 Å². The lowest BCUT2D eigenvalue weighted by atomic mass is 10.1. The second-order valence-corrected chi connectivity index (χ2v) is 8.26. The van der Waals surface area contributed by atoms with Gasteiger partial charge in [-0.05, 0) is 35.4 Å². The molecule has 3 rings (SSSR count). The van der Waals surface area contributed by atoms with Crippen LogP contribution in [0.25, 0.3) is 0 Å². The van der Waals surface area contributed by atoms with E-state index in [1.54, 1.807) is 6.07 Å². The number of ether oxygens (including phenoxy) is 2. The average molecular weight is 562 g/mol. The number of halogens is 7. The van der Waals surface area contributed by atoms with Crippen molar-refractivity contribution in [2.24, 2.45) is 0 Å². The van der Waals surface area contributed by atoms with E-state index in [1.165, 1.54) is 48.5 Å². The molecule has 0 aliphatic rings. The molecule has 0 radical (unpaired) electrons. The Morgan fingerprint density at radius 2 is 1.54 bits per heavy atom. The Morgan fingerprint density at radius 1 is 0.897 bits per heavy atom. The molecular weight excluding hydrogens is 541 g/mol. The van der Waals surface area contributed by atoms with Crippen molar-refractivity contribution < 1.29 is 50.2 Å². The first-order chi connectivity index (χ1) is 18.2. The summed E-state index contributed by atoms with van der Waals surface area (Å²) in [6.45, 7) is -0.653. The quantitative estimate of drug-likeness (QED) is 0.108.